The van der Waals surface area contributed by atoms with E-state index in [1.54, 1.807) is 6.07 Å². The standard InChI is InChI=1S/C29H35F2N3O3/c1-19(2)22-5-3-4-6-23(22)26-17-32(16-20-7-8-24(30)25(31)13-20)18-27(35)34(26)21-14-29(15-21)9-11-33(12-10-29)28(36)37/h3-8,13,19,21,26H,9-12,14-18H2,1-2H3,(H,36,37)/t26-/m1/s1. The SMILES string of the molecule is CC(C)c1ccccc1[C@H]1CN(Cc2ccc(F)c(F)c2)CC(=O)N1C1CC2(CCN(C(=O)O)CC2)C1. The average molecular weight is 512 g/mol. The number of benzene rings is 2. The van der Waals surface area contributed by atoms with E-state index in [-0.39, 0.29) is 30.0 Å². The fraction of sp³-hybridized carbons (Fsp3) is 0.517. The summed E-state index contributed by atoms with van der Waals surface area (Å²) in [4.78, 5) is 30.6. The van der Waals surface area contributed by atoms with Crippen molar-refractivity contribution < 1.29 is 23.5 Å². The summed E-state index contributed by atoms with van der Waals surface area (Å²) in [6, 6.07) is 12.2. The topological polar surface area (TPSA) is 64.1 Å². The Balaban J connectivity index is 1.38. The maximum Gasteiger partial charge on any atom is 0.407 e. The predicted octanol–water partition coefficient (Wildman–Crippen LogP) is 5.40. The van der Waals surface area contributed by atoms with Gasteiger partial charge in [-0.25, -0.2) is 13.6 Å². The van der Waals surface area contributed by atoms with E-state index in [2.05, 4.69) is 30.9 Å². The van der Waals surface area contributed by atoms with Crippen LogP contribution in [0.25, 0.3) is 0 Å². The first-order chi connectivity index (χ1) is 17.7. The third-order valence-corrected chi connectivity index (χ3v) is 8.61. The molecule has 3 fully saturated rings. The largest absolute Gasteiger partial charge is 0.465 e. The smallest absolute Gasteiger partial charge is 0.407 e. The number of likely N-dealkylation sites (tertiary alicyclic amines) is 1. The van der Waals surface area contributed by atoms with Crippen LogP contribution in [-0.2, 0) is 11.3 Å². The van der Waals surface area contributed by atoms with Gasteiger partial charge in [0.05, 0.1) is 12.6 Å². The number of halogens is 2. The van der Waals surface area contributed by atoms with Crippen molar-refractivity contribution in [3.63, 3.8) is 0 Å². The number of piperazine rings is 1. The number of carboxylic acid groups (broad SMARTS) is 1. The predicted molar refractivity (Wildman–Crippen MR) is 136 cm³/mol. The molecule has 0 bridgehead atoms. The van der Waals surface area contributed by atoms with Gasteiger partial charge in [-0.05, 0) is 65.8 Å². The number of rotatable bonds is 5. The first-order valence-corrected chi connectivity index (χ1v) is 13.2. The molecule has 6 nitrogen and oxygen atoms in total. The van der Waals surface area contributed by atoms with E-state index in [1.807, 2.05) is 17.0 Å². The van der Waals surface area contributed by atoms with E-state index >= 15 is 0 Å². The molecule has 1 spiro atoms. The van der Waals surface area contributed by atoms with Crippen molar-refractivity contribution in [3.05, 3.63) is 70.8 Å². The molecule has 8 heteroatoms. The average Bonchev–Trinajstić information content (AvgIpc) is 2.85. The molecular formula is C29H35F2N3O3. The molecule has 198 valence electrons. The molecule has 2 aromatic carbocycles. The Labute approximate surface area is 216 Å². The second-order valence-corrected chi connectivity index (χ2v) is 11.4. The molecule has 1 N–H and O–H groups in total. The van der Waals surface area contributed by atoms with E-state index in [0.717, 1.165) is 37.3 Å². The van der Waals surface area contributed by atoms with Crippen LogP contribution in [-0.4, -0.2) is 64.0 Å². The molecule has 0 radical (unpaired) electrons. The van der Waals surface area contributed by atoms with Gasteiger partial charge >= 0.3 is 6.09 Å². The monoisotopic (exact) mass is 511 g/mol. The summed E-state index contributed by atoms with van der Waals surface area (Å²) < 4.78 is 27.3. The lowest BCUT2D eigenvalue weighted by molar-refractivity contribution is -0.153. The highest BCUT2D eigenvalue weighted by Crippen LogP contribution is 2.53. The van der Waals surface area contributed by atoms with Gasteiger partial charge in [-0.2, -0.15) is 0 Å². The van der Waals surface area contributed by atoms with Crippen molar-refractivity contribution in [1.29, 1.82) is 0 Å². The minimum atomic E-state index is -0.877. The van der Waals surface area contributed by atoms with Gasteiger partial charge in [0.15, 0.2) is 11.6 Å². The Bertz CT molecular complexity index is 1170. The van der Waals surface area contributed by atoms with E-state index in [0.29, 0.717) is 37.7 Å². The second-order valence-electron chi connectivity index (χ2n) is 11.4. The number of hydrogen-bond donors (Lipinski definition) is 1. The van der Waals surface area contributed by atoms with Crippen molar-refractivity contribution in [1.82, 2.24) is 14.7 Å². The van der Waals surface area contributed by atoms with Crippen LogP contribution in [0.2, 0.25) is 0 Å². The van der Waals surface area contributed by atoms with Crippen LogP contribution in [0.4, 0.5) is 13.6 Å². The normalized spacial score (nSPS) is 22.5. The van der Waals surface area contributed by atoms with Gasteiger partial charge in [0.1, 0.15) is 0 Å². The zero-order valence-corrected chi connectivity index (χ0v) is 21.5. The Hall–Kier alpha value is -3.00. The molecule has 0 unspecified atom stereocenters. The van der Waals surface area contributed by atoms with Crippen LogP contribution < -0.4 is 0 Å². The molecule has 1 saturated carbocycles. The van der Waals surface area contributed by atoms with Crippen molar-refractivity contribution in [3.8, 4) is 0 Å². The lowest BCUT2D eigenvalue weighted by Crippen LogP contribution is -2.62. The van der Waals surface area contributed by atoms with E-state index in [4.69, 9.17) is 0 Å². The third kappa shape index (κ3) is 5.08. The van der Waals surface area contributed by atoms with E-state index < -0.39 is 17.7 Å². The Morgan fingerprint density at radius 1 is 1.08 bits per heavy atom. The lowest BCUT2D eigenvalue weighted by atomic mass is 9.59. The van der Waals surface area contributed by atoms with E-state index in [1.165, 1.54) is 16.5 Å². The van der Waals surface area contributed by atoms with Gasteiger partial charge in [-0.3, -0.25) is 9.69 Å². The number of nitrogens with zero attached hydrogens (tertiary/aromatic N) is 3. The van der Waals surface area contributed by atoms with Crippen LogP contribution in [0.1, 0.15) is 68.2 Å². The van der Waals surface area contributed by atoms with Gasteiger partial charge in [0, 0.05) is 32.2 Å². The molecule has 1 atom stereocenters. The Kier molecular flexibility index (Phi) is 6.96. The van der Waals surface area contributed by atoms with Crippen LogP contribution in [0, 0.1) is 17.0 Å². The van der Waals surface area contributed by atoms with Gasteiger partial charge in [0.2, 0.25) is 5.91 Å². The first kappa shape index (κ1) is 25.6. The molecule has 3 aliphatic rings. The van der Waals surface area contributed by atoms with Gasteiger partial charge in [0.25, 0.3) is 0 Å². The third-order valence-electron chi connectivity index (χ3n) is 8.61. The molecule has 2 aliphatic heterocycles. The molecule has 2 saturated heterocycles. The van der Waals surface area contributed by atoms with Gasteiger partial charge in [-0.15, -0.1) is 0 Å². The molecule has 2 heterocycles. The number of hydrogen-bond acceptors (Lipinski definition) is 3. The fourth-order valence-corrected chi connectivity index (χ4v) is 6.62. The summed E-state index contributed by atoms with van der Waals surface area (Å²) in [5.41, 5.74) is 3.11. The summed E-state index contributed by atoms with van der Waals surface area (Å²) >= 11 is 0. The summed E-state index contributed by atoms with van der Waals surface area (Å²) in [5, 5.41) is 9.31. The fourth-order valence-electron chi connectivity index (χ4n) is 6.62. The summed E-state index contributed by atoms with van der Waals surface area (Å²) in [6.45, 7) is 6.63. The van der Waals surface area contributed by atoms with Crippen LogP contribution in [0.5, 0.6) is 0 Å². The number of carbonyl (C=O) groups is 2. The van der Waals surface area contributed by atoms with Crippen molar-refractivity contribution in [2.75, 3.05) is 26.2 Å². The Morgan fingerprint density at radius 2 is 1.78 bits per heavy atom. The molecule has 0 aromatic heterocycles. The highest BCUT2D eigenvalue weighted by atomic mass is 19.2. The summed E-state index contributed by atoms with van der Waals surface area (Å²) in [7, 11) is 0. The molecule has 2 aromatic rings. The molecular weight excluding hydrogens is 476 g/mol. The molecule has 2 amide bonds. The minimum absolute atomic E-state index is 0.0558. The zero-order valence-electron chi connectivity index (χ0n) is 21.5. The highest BCUT2D eigenvalue weighted by Gasteiger charge is 2.52. The van der Waals surface area contributed by atoms with Gasteiger partial charge in [-0.1, -0.05) is 44.2 Å². The van der Waals surface area contributed by atoms with Crippen molar-refractivity contribution in [2.24, 2.45) is 5.41 Å². The second kappa shape index (κ2) is 10.0. The van der Waals surface area contributed by atoms with Crippen molar-refractivity contribution >= 4 is 12.0 Å². The van der Waals surface area contributed by atoms with Crippen LogP contribution in [0.15, 0.2) is 42.5 Å². The molecule has 5 rings (SSSR count). The summed E-state index contributed by atoms with van der Waals surface area (Å²) in [5.74, 6) is -1.40. The summed E-state index contributed by atoms with van der Waals surface area (Å²) in [6.07, 6.45) is 2.62. The van der Waals surface area contributed by atoms with Gasteiger partial charge < -0.3 is 14.9 Å². The maximum atomic E-state index is 13.9. The first-order valence-electron chi connectivity index (χ1n) is 13.2. The van der Waals surface area contributed by atoms with E-state index in [9.17, 15) is 23.5 Å². The Morgan fingerprint density at radius 3 is 2.43 bits per heavy atom. The van der Waals surface area contributed by atoms with Crippen LogP contribution >= 0.6 is 0 Å². The highest BCUT2D eigenvalue weighted by molar-refractivity contribution is 5.80. The lowest BCUT2D eigenvalue weighted by Gasteiger charge is -2.58. The molecule has 37 heavy (non-hydrogen) atoms. The number of carbonyl (C=O) groups excluding carboxylic acids is 1. The van der Waals surface area contributed by atoms with Crippen LogP contribution in [0.3, 0.4) is 0 Å². The maximum absolute atomic E-state index is 13.9. The quantitative estimate of drug-likeness (QED) is 0.584. The molecule has 1 aliphatic carbocycles. The van der Waals surface area contributed by atoms with Crippen molar-refractivity contribution in [2.45, 2.75) is 64.1 Å². The number of amides is 2. The minimum Gasteiger partial charge on any atom is -0.465 e. The zero-order chi connectivity index (χ0) is 26.3. The number of piperidine rings is 1.